The number of carbonyl (C=O) groups is 1. The monoisotopic (exact) mass is 408 g/mol. The lowest BCUT2D eigenvalue weighted by molar-refractivity contribution is -0.123. The highest BCUT2D eigenvalue weighted by molar-refractivity contribution is 5.89. The van der Waals surface area contributed by atoms with Gasteiger partial charge in [0.25, 0.3) is 0 Å². The fraction of sp³-hybridized carbons (Fsp3) is 0.524. The average molecular weight is 409 g/mol. The van der Waals surface area contributed by atoms with Gasteiger partial charge in [0.15, 0.2) is 0 Å². The van der Waals surface area contributed by atoms with Crippen LogP contribution in [0.2, 0.25) is 0 Å². The molecule has 3 aliphatic heterocycles. The van der Waals surface area contributed by atoms with Crippen molar-refractivity contribution in [3.05, 3.63) is 30.1 Å². The van der Waals surface area contributed by atoms with Crippen LogP contribution in [0.4, 0.5) is 23.3 Å². The van der Waals surface area contributed by atoms with Crippen LogP contribution >= 0.6 is 0 Å². The minimum Gasteiger partial charge on any atom is -0.368 e. The van der Waals surface area contributed by atoms with E-state index >= 15 is 0 Å². The third-order valence-corrected chi connectivity index (χ3v) is 6.22. The van der Waals surface area contributed by atoms with Crippen LogP contribution in [0.3, 0.4) is 0 Å². The van der Waals surface area contributed by atoms with Crippen LogP contribution in [0.5, 0.6) is 0 Å². The van der Waals surface area contributed by atoms with Crippen LogP contribution in [0, 0.1) is 5.92 Å². The molecule has 9 heteroatoms. The standard InChI is InChI=1S/C21H28N8O/c1-13(2)17-12-24-20(30)16-9-14-10-25-21(27-19(14)29(16)17)26-18-4-3-15(11-23-18)28-7-5-22-6-8-28/h3-4,10-11,13,16-17,22H,5-9,12H2,1-2H3,(H,24,30)(H,23,25,26,27). The normalized spacial score (nSPS) is 23.2. The Hall–Kier alpha value is -2.94. The van der Waals surface area contributed by atoms with Crippen LogP contribution < -0.4 is 25.8 Å². The second kappa shape index (κ2) is 7.71. The number of hydrogen-bond acceptors (Lipinski definition) is 8. The van der Waals surface area contributed by atoms with E-state index in [-0.39, 0.29) is 18.0 Å². The Labute approximate surface area is 176 Å². The van der Waals surface area contributed by atoms with Gasteiger partial charge in [-0.25, -0.2) is 9.97 Å². The summed E-state index contributed by atoms with van der Waals surface area (Å²) in [5.41, 5.74) is 2.15. The van der Waals surface area contributed by atoms with E-state index in [1.165, 1.54) is 0 Å². The highest BCUT2D eigenvalue weighted by Crippen LogP contribution is 2.36. The van der Waals surface area contributed by atoms with Crippen molar-refractivity contribution in [1.29, 1.82) is 0 Å². The molecule has 0 saturated carbocycles. The lowest BCUT2D eigenvalue weighted by Crippen LogP contribution is -2.61. The van der Waals surface area contributed by atoms with Gasteiger partial charge in [0.2, 0.25) is 11.9 Å². The van der Waals surface area contributed by atoms with Gasteiger partial charge < -0.3 is 25.8 Å². The molecule has 2 aromatic heterocycles. The van der Waals surface area contributed by atoms with E-state index in [1.54, 1.807) is 0 Å². The average Bonchev–Trinajstić information content (AvgIpc) is 3.15. The number of carbonyl (C=O) groups excluding carboxylic acids is 1. The maximum atomic E-state index is 12.4. The molecule has 30 heavy (non-hydrogen) atoms. The van der Waals surface area contributed by atoms with Crippen LogP contribution in [0.25, 0.3) is 0 Å². The van der Waals surface area contributed by atoms with Crippen molar-refractivity contribution in [2.45, 2.75) is 32.4 Å². The Kier molecular flexibility index (Phi) is 4.90. The predicted octanol–water partition coefficient (Wildman–Crippen LogP) is 0.910. The number of rotatable bonds is 4. The molecule has 3 N–H and O–H groups in total. The Morgan fingerprint density at radius 1 is 1.17 bits per heavy atom. The molecule has 0 aliphatic carbocycles. The minimum atomic E-state index is -0.192. The van der Waals surface area contributed by atoms with E-state index < -0.39 is 0 Å². The van der Waals surface area contributed by atoms with Crippen LogP contribution in [-0.4, -0.2) is 65.7 Å². The Morgan fingerprint density at radius 2 is 2.00 bits per heavy atom. The minimum absolute atomic E-state index is 0.0737. The molecule has 2 aromatic rings. The summed E-state index contributed by atoms with van der Waals surface area (Å²) in [7, 11) is 0. The summed E-state index contributed by atoms with van der Waals surface area (Å²) in [5, 5.41) is 9.63. The molecule has 2 saturated heterocycles. The van der Waals surface area contributed by atoms with Crippen molar-refractivity contribution in [3.63, 3.8) is 0 Å². The fourth-order valence-corrected chi connectivity index (χ4v) is 4.55. The maximum absolute atomic E-state index is 12.4. The molecule has 5 heterocycles. The van der Waals surface area contributed by atoms with Gasteiger partial charge >= 0.3 is 0 Å². The summed E-state index contributed by atoms with van der Waals surface area (Å²) >= 11 is 0. The van der Waals surface area contributed by atoms with Crippen molar-refractivity contribution in [2.75, 3.05) is 47.8 Å². The molecule has 1 amide bonds. The SMILES string of the molecule is CC(C)C1CNC(=O)C2Cc3cnc(Nc4ccc(N5CCNCC5)cn4)nc3N21. The van der Waals surface area contributed by atoms with E-state index in [4.69, 9.17) is 4.98 Å². The van der Waals surface area contributed by atoms with Gasteiger partial charge in [-0.3, -0.25) is 4.79 Å². The third-order valence-electron chi connectivity index (χ3n) is 6.22. The third kappa shape index (κ3) is 3.43. The Morgan fingerprint density at radius 3 is 2.73 bits per heavy atom. The number of fused-ring (bicyclic) bond motifs is 3. The van der Waals surface area contributed by atoms with Crippen molar-refractivity contribution >= 4 is 29.2 Å². The first-order valence-electron chi connectivity index (χ1n) is 10.7. The fourth-order valence-electron chi connectivity index (χ4n) is 4.55. The number of anilines is 4. The van der Waals surface area contributed by atoms with E-state index in [2.05, 4.69) is 55.6 Å². The number of pyridine rings is 1. The van der Waals surface area contributed by atoms with Gasteiger partial charge in [-0.15, -0.1) is 0 Å². The van der Waals surface area contributed by atoms with Gasteiger partial charge in [0.05, 0.1) is 17.9 Å². The molecule has 9 nitrogen and oxygen atoms in total. The van der Waals surface area contributed by atoms with E-state index in [9.17, 15) is 4.79 Å². The van der Waals surface area contributed by atoms with Gasteiger partial charge in [-0.1, -0.05) is 13.8 Å². The molecular weight excluding hydrogens is 380 g/mol. The molecule has 0 aromatic carbocycles. The van der Waals surface area contributed by atoms with Crippen LogP contribution in [-0.2, 0) is 11.2 Å². The number of nitrogens with zero attached hydrogens (tertiary/aromatic N) is 5. The lowest BCUT2D eigenvalue weighted by atomic mass is 9.98. The number of piperazine rings is 2. The molecular formula is C21H28N8O. The van der Waals surface area contributed by atoms with Crippen molar-refractivity contribution in [1.82, 2.24) is 25.6 Å². The Bertz CT molecular complexity index is 925. The van der Waals surface area contributed by atoms with E-state index in [1.807, 2.05) is 18.5 Å². The van der Waals surface area contributed by atoms with Gasteiger partial charge in [-0.05, 0) is 18.1 Å². The summed E-state index contributed by atoms with van der Waals surface area (Å²) in [6, 6.07) is 4.07. The van der Waals surface area contributed by atoms with Crippen molar-refractivity contribution < 1.29 is 4.79 Å². The number of aromatic nitrogens is 3. The topological polar surface area (TPSA) is 98.3 Å². The summed E-state index contributed by atoms with van der Waals surface area (Å²) in [4.78, 5) is 30.7. The molecule has 3 aliphatic rings. The summed E-state index contributed by atoms with van der Waals surface area (Å²) in [6.07, 6.45) is 4.38. The highest BCUT2D eigenvalue weighted by Gasteiger charge is 2.44. The lowest BCUT2D eigenvalue weighted by Gasteiger charge is -2.40. The summed E-state index contributed by atoms with van der Waals surface area (Å²) in [6.45, 7) is 8.98. The van der Waals surface area contributed by atoms with Gasteiger partial charge in [0, 0.05) is 50.9 Å². The Balaban J connectivity index is 1.35. The van der Waals surface area contributed by atoms with E-state index in [0.29, 0.717) is 30.6 Å². The van der Waals surface area contributed by atoms with Crippen LogP contribution in [0.1, 0.15) is 19.4 Å². The van der Waals surface area contributed by atoms with Crippen LogP contribution in [0.15, 0.2) is 24.5 Å². The molecule has 2 atom stereocenters. The molecule has 0 radical (unpaired) electrons. The molecule has 2 unspecified atom stereocenters. The zero-order valence-corrected chi connectivity index (χ0v) is 17.4. The van der Waals surface area contributed by atoms with E-state index in [0.717, 1.165) is 43.2 Å². The van der Waals surface area contributed by atoms with Gasteiger partial charge in [-0.2, -0.15) is 4.98 Å². The summed E-state index contributed by atoms with van der Waals surface area (Å²) < 4.78 is 0. The second-order valence-electron chi connectivity index (χ2n) is 8.49. The predicted molar refractivity (Wildman–Crippen MR) is 116 cm³/mol. The van der Waals surface area contributed by atoms with Crippen molar-refractivity contribution in [2.24, 2.45) is 5.92 Å². The van der Waals surface area contributed by atoms with Crippen molar-refractivity contribution in [3.8, 4) is 0 Å². The first-order chi connectivity index (χ1) is 14.6. The zero-order chi connectivity index (χ0) is 20.7. The second-order valence-corrected chi connectivity index (χ2v) is 8.49. The molecule has 158 valence electrons. The largest absolute Gasteiger partial charge is 0.368 e. The number of hydrogen-bond donors (Lipinski definition) is 3. The first-order valence-corrected chi connectivity index (χ1v) is 10.7. The number of amides is 1. The first kappa shape index (κ1) is 19.0. The zero-order valence-electron chi connectivity index (χ0n) is 17.4. The smallest absolute Gasteiger partial charge is 0.243 e. The summed E-state index contributed by atoms with van der Waals surface area (Å²) in [5.74, 6) is 2.56. The van der Waals surface area contributed by atoms with Gasteiger partial charge in [0.1, 0.15) is 17.7 Å². The molecule has 5 rings (SSSR count). The maximum Gasteiger partial charge on any atom is 0.243 e. The quantitative estimate of drug-likeness (QED) is 0.687. The highest BCUT2D eigenvalue weighted by atomic mass is 16.2. The molecule has 0 bridgehead atoms. The molecule has 0 spiro atoms. The number of nitrogens with one attached hydrogen (secondary N) is 3. The molecule has 2 fully saturated rings.